The summed E-state index contributed by atoms with van der Waals surface area (Å²) in [6.45, 7) is 6.49. The third-order valence-corrected chi connectivity index (χ3v) is 3.27. The van der Waals surface area contributed by atoms with Gasteiger partial charge in [-0.3, -0.25) is 4.79 Å². The lowest BCUT2D eigenvalue weighted by Crippen LogP contribution is -2.31. The number of esters is 1. The molecule has 0 aliphatic rings. The van der Waals surface area contributed by atoms with Gasteiger partial charge in [0.1, 0.15) is 0 Å². The van der Waals surface area contributed by atoms with Gasteiger partial charge in [-0.25, -0.2) is 0 Å². The maximum Gasteiger partial charge on any atom is 0.315 e. The molecule has 1 N–H and O–H groups in total. The van der Waals surface area contributed by atoms with E-state index >= 15 is 0 Å². The summed E-state index contributed by atoms with van der Waals surface area (Å²) < 4.78 is 4.83. The molecule has 0 aromatic carbocycles. The zero-order chi connectivity index (χ0) is 10.3. The van der Waals surface area contributed by atoms with Crippen molar-refractivity contribution in [3.63, 3.8) is 0 Å². The Morgan fingerprint density at radius 3 is 2.62 bits per heavy atom. The minimum atomic E-state index is -0.123. The van der Waals surface area contributed by atoms with Gasteiger partial charge in [-0.15, -0.1) is 11.8 Å². The van der Waals surface area contributed by atoms with Crippen LogP contribution in [0.5, 0.6) is 0 Å². The highest BCUT2D eigenvalue weighted by atomic mass is 32.2. The van der Waals surface area contributed by atoms with Crippen molar-refractivity contribution >= 4 is 17.7 Å². The Morgan fingerprint density at radius 1 is 1.54 bits per heavy atom. The number of nitrogens with one attached hydrogen (secondary N) is 1. The van der Waals surface area contributed by atoms with Crippen LogP contribution in [0.3, 0.4) is 0 Å². The molecule has 0 saturated carbocycles. The van der Waals surface area contributed by atoms with Crippen LogP contribution in [0.2, 0.25) is 0 Å². The molecule has 0 fully saturated rings. The van der Waals surface area contributed by atoms with Crippen LogP contribution in [-0.4, -0.2) is 36.7 Å². The van der Waals surface area contributed by atoms with Crippen LogP contribution in [-0.2, 0) is 9.53 Å². The summed E-state index contributed by atoms with van der Waals surface area (Å²) in [5, 5.41) is 3.57. The SMILES string of the molecule is CCOC(=O)CSC(C)C(C)NC. The molecule has 0 amide bonds. The predicted octanol–water partition coefficient (Wildman–Crippen LogP) is 1.28. The normalized spacial score (nSPS) is 15.1. The van der Waals surface area contributed by atoms with Crippen LogP contribution >= 0.6 is 11.8 Å². The highest BCUT2D eigenvalue weighted by Gasteiger charge is 2.12. The molecule has 0 spiro atoms. The Balaban J connectivity index is 3.57. The fourth-order valence-corrected chi connectivity index (χ4v) is 1.69. The third-order valence-electron chi connectivity index (χ3n) is 1.93. The summed E-state index contributed by atoms with van der Waals surface area (Å²) in [5.74, 6) is 0.323. The maximum atomic E-state index is 11.0. The smallest absolute Gasteiger partial charge is 0.315 e. The predicted molar refractivity (Wildman–Crippen MR) is 57.1 cm³/mol. The van der Waals surface area contributed by atoms with Crippen LogP contribution in [0, 0.1) is 0 Å². The highest BCUT2D eigenvalue weighted by Crippen LogP contribution is 2.13. The van der Waals surface area contributed by atoms with Crippen molar-refractivity contribution in [3.05, 3.63) is 0 Å². The van der Waals surface area contributed by atoms with Crippen LogP contribution < -0.4 is 5.32 Å². The van der Waals surface area contributed by atoms with Gasteiger partial charge in [-0.05, 0) is 20.9 Å². The minimum Gasteiger partial charge on any atom is -0.465 e. The number of hydrogen-bond acceptors (Lipinski definition) is 4. The van der Waals surface area contributed by atoms with Crippen molar-refractivity contribution in [1.82, 2.24) is 5.32 Å². The first-order valence-electron chi connectivity index (χ1n) is 4.56. The molecule has 0 aromatic rings. The van der Waals surface area contributed by atoms with Gasteiger partial charge in [-0.1, -0.05) is 6.92 Å². The summed E-state index contributed by atoms with van der Waals surface area (Å²) >= 11 is 1.62. The Bertz CT molecular complexity index is 153. The molecule has 0 radical (unpaired) electrons. The molecule has 2 atom stereocenters. The van der Waals surface area contributed by atoms with Crippen molar-refractivity contribution in [2.24, 2.45) is 0 Å². The molecule has 0 aliphatic heterocycles. The number of ether oxygens (including phenoxy) is 1. The van der Waals surface area contributed by atoms with E-state index in [1.54, 1.807) is 11.8 Å². The molecule has 0 aromatic heterocycles. The van der Waals surface area contributed by atoms with Gasteiger partial charge in [0, 0.05) is 11.3 Å². The van der Waals surface area contributed by atoms with Crippen LogP contribution in [0.4, 0.5) is 0 Å². The van der Waals surface area contributed by atoms with Crippen molar-refractivity contribution in [1.29, 1.82) is 0 Å². The molecular formula is C9H19NO2S. The van der Waals surface area contributed by atoms with Gasteiger partial charge in [0.25, 0.3) is 0 Å². The van der Waals surface area contributed by atoms with E-state index in [0.29, 0.717) is 23.7 Å². The molecule has 0 rings (SSSR count). The lowest BCUT2D eigenvalue weighted by molar-refractivity contribution is -0.139. The molecule has 2 unspecified atom stereocenters. The van der Waals surface area contributed by atoms with Crippen molar-refractivity contribution in [2.45, 2.75) is 32.1 Å². The van der Waals surface area contributed by atoms with E-state index < -0.39 is 0 Å². The lowest BCUT2D eigenvalue weighted by Gasteiger charge is -2.17. The molecule has 78 valence electrons. The van der Waals surface area contributed by atoms with E-state index in [0.717, 1.165) is 0 Å². The fraction of sp³-hybridized carbons (Fsp3) is 0.889. The number of rotatable bonds is 6. The van der Waals surface area contributed by atoms with E-state index in [-0.39, 0.29) is 5.97 Å². The quantitative estimate of drug-likeness (QED) is 0.663. The molecule has 0 saturated heterocycles. The van der Waals surface area contributed by atoms with Crippen molar-refractivity contribution in [3.8, 4) is 0 Å². The molecule has 0 aliphatic carbocycles. The average Bonchev–Trinajstić information content (AvgIpc) is 2.13. The Kier molecular flexibility index (Phi) is 7.09. The van der Waals surface area contributed by atoms with Gasteiger partial charge in [-0.2, -0.15) is 0 Å². The van der Waals surface area contributed by atoms with Crippen LogP contribution in [0.15, 0.2) is 0 Å². The zero-order valence-electron chi connectivity index (χ0n) is 8.79. The largest absolute Gasteiger partial charge is 0.465 e. The molecule has 0 bridgehead atoms. The van der Waals surface area contributed by atoms with E-state index in [1.165, 1.54) is 0 Å². The van der Waals surface area contributed by atoms with Gasteiger partial charge in [0.2, 0.25) is 0 Å². The average molecular weight is 205 g/mol. The van der Waals surface area contributed by atoms with Gasteiger partial charge < -0.3 is 10.1 Å². The number of carbonyl (C=O) groups excluding carboxylic acids is 1. The van der Waals surface area contributed by atoms with E-state index in [4.69, 9.17) is 4.74 Å². The second kappa shape index (κ2) is 7.21. The summed E-state index contributed by atoms with van der Waals surface area (Å²) in [5.41, 5.74) is 0. The number of carbonyl (C=O) groups is 1. The summed E-state index contributed by atoms with van der Waals surface area (Å²) in [7, 11) is 1.92. The van der Waals surface area contributed by atoms with Crippen molar-refractivity contribution < 1.29 is 9.53 Å². The second-order valence-electron chi connectivity index (χ2n) is 2.90. The molecule has 4 heteroatoms. The number of hydrogen-bond donors (Lipinski definition) is 1. The molecule has 3 nitrogen and oxygen atoms in total. The van der Waals surface area contributed by atoms with Gasteiger partial charge in [0.15, 0.2) is 0 Å². The third kappa shape index (κ3) is 5.93. The monoisotopic (exact) mass is 205 g/mol. The minimum absolute atomic E-state index is 0.123. The Hall–Kier alpha value is -0.220. The van der Waals surface area contributed by atoms with E-state index in [2.05, 4.69) is 19.2 Å². The first-order chi connectivity index (χ1) is 6.11. The Morgan fingerprint density at radius 2 is 2.15 bits per heavy atom. The summed E-state index contributed by atoms with van der Waals surface area (Å²) in [6, 6.07) is 0.416. The highest BCUT2D eigenvalue weighted by molar-refractivity contribution is 8.00. The van der Waals surface area contributed by atoms with Crippen LogP contribution in [0.1, 0.15) is 20.8 Å². The van der Waals surface area contributed by atoms with Crippen LogP contribution in [0.25, 0.3) is 0 Å². The topological polar surface area (TPSA) is 38.3 Å². The molecule has 0 heterocycles. The Labute approximate surface area is 84.6 Å². The zero-order valence-corrected chi connectivity index (χ0v) is 9.61. The fourth-order valence-electron chi connectivity index (χ4n) is 0.781. The molecular weight excluding hydrogens is 186 g/mol. The van der Waals surface area contributed by atoms with Gasteiger partial charge >= 0.3 is 5.97 Å². The lowest BCUT2D eigenvalue weighted by atomic mass is 10.3. The first-order valence-corrected chi connectivity index (χ1v) is 5.61. The van der Waals surface area contributed by atoms with Gasteiger partial charge in [0.05, 0.1) is 12.4 Å². The standard InChI is InChI=1S/C9H19NO2S/c1-5-12-9(11)6-13-8(3)7(2)10-4/h7-8,10H,5-6H2,1-4H3. The first kappa shape index (κ1) is 12.8. The number of thioether (sulfide) groups is 1. The van der Waals surface area contributed by atoms with Crippen molar-refractivity contribution in [2.75, 3.05) is 19.4 Å². The maximum absolute atomic E-state index is 11.0. The summed E-state index contributed by atoms with van der Waals surface area (Å²) in [6.07, 6.45) is 0. The second-order valence-corrected chi connectivity index (χ2v) is 4.26. The molecule has 13 heavy (non-hydrogen) atoms. The van der Waals surface area contributed by atoms with E-state index in [1.807, 2.05) is 14.0 Å². The van der Waals surface area contributed by atoms with E-state index in [9.17, 15) is 4.79 Å². The summed E-state index contributed by atoms with van der Waals surface area (Å²) in [4.78, 5) is 11.0.